The van der Waals surface area contributed by atoms with Gasteiger partial charge in [-0.3, -0.25) is 0 Å². The Labute approximate surface area is 120 Å². The molecule has 2 heterocycles. The van der Waals surface area contributed by atoms with E-state index in [1.807, 2.05) is 25.5 Å². The summed E-state index contributed by atoms with van der Waals surface area (Å²) in [4.78, 5) is 4.14. The molecule has 21 heavy (non-hydrogen) atoms. The van der Waals surface area contributed by atoms with E-state index in [9.17, 15) is 8.78 Å². The molecule has 0 amide bonds. The van der Waals surface area contributed by atoms with Crippen LogP contribution >= 0.6 is 0 Å². The van der Waals surface area contributed by atoms with Gasteiger partial charge in [0.05, 0.1) is 29.4 Å². The molecule has 0 fully saturated rings. The highest BCUT2D eigenvalue weighted by Crippen LogP contribution is 2.42. The summed E-state index contributed by atoms with van der Waals surface area (Å²) in [6, 6.07) is 4.65. The number of fused-ring (bicyclic) bond motifs is 1. The zero-order valence-corrected chi connectivity index (χ0v) is 11.9. The lowest BCUT2D eigenvalue weighted by molar-refractivity contribution is -0.286. The van der Waals surface area contributed by atoms with E-state index in [2.05, 4.69) is 19.8 Å². The summed E-state index contributed by atoms with van der Waals surface area (Å²) >= 11 is 0. The van der Waals surface area contributed by atoms with Gasteiger partial charge in [0.25, 0.3) is 0 Å². The van der Waals surface area contributed by atoms with Crippen molar-refractivity contribution in [2.24, 2.45) is 0 Å². The van der Waals surface area contributed by atoms with Gasteiger partial charge in [-0.05, 0) is 33.0 Å². The summed E-state index contributed by atoms with van der Waals surface area (Å²) in [5.74, 6) is 0.0395. The molecule has 2 aromatic rings. The molecular weight excluding hydrogens is 280 g/mol. The topological polar surface area (TPSA) is 48.3 Å². The maximum atomic E-state index is 13.1. The van der Waals surface area contributed by atoms with Gasteiger partial charge in [-0.1, -0.05) is 0 Å². The number of benzene rings is 1. The largest absolute Gasteiger partial charge is 0.586 e. The normalized spacial score (nSPS) is 16.2. The van der Waals surface area contributed by atoms with E-state index in [0.29, 0.717) is 5.69 Å². The van der Waals surface area contributed by atoms with E-state index < -0.39 is 6.29 Å². The minimum Gasteiger partial charge on any atom is -0.395 e. The van der Waals surface area contributed by atoms with Crippen LogP contribution < -0.4 is 14.8 Å². The summed E-state index contributed by atoms with van der Waals surface area (Å²) in [5.41, 5.74) is 1.25. The molecule has 0 spiro atoms. The molecule has 1 aliphatic rings. The Morgan fingerprint density at radius 1 is 1.24 bits per heavy atom. The highest BCUT2D eigenvalue weighted by Gasteiger charge is 2.43. The van der Waals surface area contributed by atoms with Gasteiger partial charge in [0.2, 0.25) is 0 Å². The van der Waals surface area contributed by atoms with Gasteiger partial charge in [-0.25, -0.2) is 4.98 Å². The lowest BCUT2D eigenvalue weighted by Gasteiger charge is -2.25. The van der Waals surface area contributed by atoms with E-state index in [-0.39, 0.29) is 17.0 Å². The van der Waals surface area contributed by atoms with E-state index >= 15 is 0 Å². The lowest BCUT2D eigenvalue weighted by atomic mass is 10.0. The fourth-order valence-electron chi connectivity index (χ4n) is 2.18. The van der Waals surface area contributed by atoms with E-state index in [1.165, 1.54) is 12.1 Å². The molecule has 0 unspecified atom stereocenters. The summed E-state index contributed by atoms with van der Waals surface area (Å²) < 4.78 is 36.8. The number of aromatic nitrogens is 2. The number of rotatable bonds is 3. The molecule has 5 nitrogen and oxygen atoms in total. The predicted octanol–water partition coefficient (Wildman–Crippen LogP) is 2.65. The first kappa shape index (κ1) is 13.8. The number of hydrogen-bond donors (Lipinski definition) is 1. The van der Waals surface area contributed by atoms with Gasteiger partial charge < -0.3 is 19.4 Å². The Kier molecular flexibility index (Phi) is 2.91. The van der Waals surface area contributed by atoms with Crippen molar-refractivity contribution >= 4 is 0 Å². The van der Waals surface area contributed by atoms with Crippen LogP contribution in [0, 0.1) is 0 Å². The standard InChI is InChI=1S/C14H15F2N3O2/c1-13(2,17-3)12-7-18-8-19(12)9-4-5-10-11(6-9)21-14(15,16)20-10/h4-8,17H,1-3H3. The van der Waals surface area contributed by atoms with Crippen LogP contribution in [0.3, 0.4) is 0 Å². The van der Waals surface area contributed by atoms with Crippen molar-refractivity contribution in [3.8, 4) is 17.2 Å². The number of hydrogen-bond acceptors (Lipinski definition) is 4. The van der Waals surface area contributed by atoms with Crippen molar-refractivity contribution in [1.29, 1.82) is 0 Å². The second kappa shape index (κ2) is 4.42. The van der Waals surface area contributed by atoms with Crippen molar-refractivity contribution in [2.75, 3.05) is 7.05 Å². The van der Waals surface area contributed by atoms with Crippen molar-refractivity contribution < 1.29 is 18.3 Å². The second-order valence-corrected chi connectivity index (χ2v) is 5.32. The van der Waals surface area contributed by atoms with E-state index in [4.69, 9.17) is 0 Å². The first-order chi connectivity index (χ1) is 9.82. The fraction of sp³-hybridized carbons (Fsp3) is 0.357. The van der Waals surface area contributed by atoms with E-state index in [0.717, 1.165) is 5.69 Å². The third kappa shape index (κ3) is 2.33. The molecule has 1 N–H and O–H groups in total. The summed E-state index contributed by atoms with van der Waals surface area (Å²) in [6.45, 7) is 4.00. The van der Waals surface area contributed by atoms with Gasteiger partial charge in [0.1, 0.15) is 0 Å². The third-order valence-corrected chi connectivity index (χ3v) is 3.57. The molecule has 0 saturated heterocycles. The number of halogens is 2. The Morgan fingerprint density at radius 3 is 2.67 bits per heavy atom. The van der Waals surface area contributed by atoms with Crippen LogP contribution in [0.5, 0.6) is 11.5 Å². The first-order valence-electron chi connectivity index (χ1n) is 6.44. The Morgan fingerprint density at radius 2 is 1.95 bits per heavy atom. The summed E-state index contributed by atoms with van der Waals surface area (Å²) in [7, 11) is 1.84. The maximum Gasteiger partial charge on any atom is 0.586 e. The average molecular weight is 295 g/mol. The van der Waals surface area contributed by atoms with Crippen molar-refractivity contribution in [1.82, 2.24) is 14.9 Å². The molecule has 7 heteroatoms. The third-order valence-electron chi connectivity index (χ3n) is 3.57. The molecule has 0 bridgehead atoms. The second-order valence-electron chi connectivity index (χ2n) is 5.32. The van der Waals surface area contributed by atoms with Crippen LogP contribution in [-0.2, 0) is 5.54 Å². The van der Waals surface area contributed by atoms with Crippen LogP contribution in [0.2, 0.25) is 0 Å². The van der Waals surface area contributed by atoms with Crippen molar-refractivity contribution in [3.63, 3.8) is 0 Å². The fourth-order valence-corrected chi connectivity index (χ4v) is 2.18. The molecular formula is C14H15F2N3O2. The minimum atomic E-state index is -3.61. The smallest absolute Gasteiger partial charge is 0.395 e. The molecule has 0 atom stereocenters. The van der Waals surface area contributed by atoms with Crippen LogP contribution in [0.15, 0.2) is 30.7 Å². The lowest BCUT2D eigenvalue weighted by Crippen LogP contribution is -2.35. The number of nitrogens with one attached hydrogen (secondary N) is 1. The van der Waals surface area contributed by atoms with Gasteiger partial charge in [-0.15, -0.1) is 8.78 Å². The molecule has 1 aromatic heterocycles. The molecule has 112 valence electrons. The highest BCUT2D eigenvalue weighted by molar-refractivity contribution is 5.51. The summed E-state index contributed by atoms with van der Waals surface area (Å²) in [6.07, 6.45) is -0.247. The van der Waals surface area contributed by atoms with Gasteiger partial charge >= 0.3 is 6.29 Å². The van der Waals surface area contributed by atoms with Crippen LogP contribution in [0.1, 0.15) is 19.5 Å². The van der Waals surface area contributed by atoms with Crippen molar-refractivity contribution in [2.45, 2.75) is 25.7 Å². The van der Waals surface area contributed by atoms with Gasteiger partial charge in [0, 0.05) is 6.07 Å². The molecule has 1 aromatic carbocycles. The first-order valence-corrected chi connectivity index (χ1v) is 6.44. The molecule has 3 rings (SSSR count). The molecule has 0 radical (unpaired) electrons. The Hall–Kier alpha value is -2.15. The van der Waals surface area contributed by atoms with Crippen LogP contribution in [-0.4, -0.2) is 22.9 Å². The Balaban J connectivity index is 2.03. The van der Waals surface area contributed by atoms with Crippen LogP contribution in [0.25, 0.3) is 5.69 Å². The maximum absolute atomic E-state index is 13.1. The molecule has 0 aliphatic carbocycles. The van der Waals surface area contributed by atoms with Gasteiger partial charge in [-0.2, -0.15) is 0 Å². The highest BCUT2D eigenvalue weighted by atomic mass is 19.3. The predicted molar refractivity (Wildman–Crippen MR) is 71.9 cm³/mol. The number of nitrogens with zero attached hydrogens (tertiary/aromatic N) is 2. The molecule has 1 aliphatic heterocycles. The number of alkyl halides is 2. The van der Waals surface area contributed by atoms with Crippen molar-refractivity contribution in [3.05, 3.63) is 36.4 Å². The SMILES string of the molecule is CNC(C)(C)c1cncn1-c1ccc2c(c1)OC(F)(F)O2. The summed E-state index contributed by atoms with van der Waals surface area (Å²) in [5, 5.41) is 3.18. The zero-order chi connectivity index (χ0) is 15.3. The zero-order valence-electron chi connectivity index (χ0n) is 11.9. The average Bonchev–Trinajstić information content (AvgIpc) is 3.00. The number of ether oxygens (including phenoxy) is 2. The minimum absolute atomic E-state index is 0.0133. The molecule has 0 saturated carbocycles. The monoisotopic (exact) mass is 295 g/mol. The van der Waals surface area contributed by atoms with Gasteiger partial charge in [0.15, 0.2) is 11.5 Å². The van der Waals surface area contributed by atoms with Crippen LogP contribution in [0.4, 0.5) is 8.78 Å². The quantitative estimate of drug-likeness (QED) is 0.945. The van der Waals surface area contributed by atoms with E-state index in [1.54, 1.807) is 18.6 Å². The Bertz CT molecular complexity index is 683. The number of imidazole rings is 1.